The van der Waals surface area contributed by atoms with Crippen molar-refractivity contribution in [2.75, 3.05) is 31.6 Å². The highest BCUT2D eigenvalue weighted by Gasteiger charge is 2.31. The molecule has 0 fully saturated rings. The van der Waals surface area contributed by atoms with Crippen LogP contribution in [0.5, 0.6) is 0 Å². The maximum absolute atomic E-state index is 12.7. The Bertz CT molecular complexity index is 518. The Kier molecular flexibility index (Phi) is 6.41. The van der Waals surface area contributed by atoms with Crippen LogP contribution in [-0.4, -0.2) is 43.5 Å². The normalized spacial score (nSPS) is 17.4. The number of carbonyl (C=O) groups excluding carboxylic acids is 1. The van der Waals surface area contributed by atoms with Crippen molar-refractivity contribution in [2.24, 2.45) is 11.1 Å². The number of nitrogens with two attached hydrogens (primary N) is 1. The van der Waals surface area contributed by atoms with Crippen molar-refractivity contribution < 1.29 is 4.79 Å². The van der Waals surface area contributed by atoms with Crippen LogP contribution in [0.15, 0.2) is 24.3 Å². The molecule has 1 amide bonds. The van der Waals surface area contributed by atoms with Crippen LogP contribution in [0.4, 0.5) is 5.69 Å². The van der Waals surface area contributed by atoms with Crippen molar-refractivity contribution >= 4 is 24.0 Å². The third-order valence-electron chi connectivity index (χ3n) is 4.13. The van der Waals surface area contributed by atoms with Gasteiger partial charge in [-0.15, -0.1) is 12.4 Å². The van der Waals surface area contributed by atoms with Crippen molar-refractivity contribution in [3.05, 3.63) is 29.8 Å². The molecule has 2 N–H and O–H groups in total. The summed E-state index contributed by atoms with van der Waals surface area (Å²) in [5, 5.41) is 0. The minimum Gasteiger partial charge on any atom is -0.330 e. The number of fused-ring (bicyclic) bond motifs is 1. The third-order valence-corrected chi connectivity index (χ3v) is 4.13. The number of likely N-dealkylation sites (N-methyl/N-ethyl adjacent to an activating group) is 1. The number of halogens is 1. The molecule has 0 radical (unpaired) electrons. The van der Waals surface area contributed by atoms with Crippen molar-refractivity contribution in [1.82, 2.24) is 4.90 Å². The van der Waals surface area contributed by atoms with Crippen molar-refractivity contribution in [1.29, 1.82) is 0 Å². The first-order valence-corrected chi connectivity index (χ1v) is 7.62. The molecule has 124 valence electrons. The lowest BCUT2D eigenvalue weighted by Gasteiger charge is -2.31. The van der Waals surface area contributed by atoms with Gasteiger partial charge in [0.1, 0.15) is 0 Å². The second kappa shape index (κ2) is 7.44. The minimum absolute atomic E-state index is 0. The van der Waals surface area contributed by atoms with Crippen LogP contribution < -0.4 is 10.6 Å². The van der Waals surface area contributed by atoms with E-state index in [1.807, 2.05) is 30.1 Å². The van der Waals surface area contributed by atoms with Crippen LogP contribution in [0, 0.1) is 5.41 Å². The summed E-state index contributed by atoms with van der Waals surface area (Å²) in [6.07, 6.45) is 0.944. The quantitative estimate of drug-likeness (QED) is 0.903. The predicted molar refractivity (Wildman–Crippen MR) is 94.7 cm³/mol. The second-order valence-electron chi connectivity index (χ2n) is 6.99. The van der Waals surface area contributed by atoms with Gasteiger partial charge in [-0.25, -0.2) is 0 Å². The Labute approximate surface area is 140 Å². The van der Waals surface area contributed by atoms with E-state index < -0.39 is 0 Å². The Morgan fingerprint density at radius 2 is 2.05 bits per heavy atom. The van der Waals surface area contributed by atoms with Gasteiger partial charge in [0, 0.05) is 18.3 Å². The summed E-state index contributed by atoms with van der Waals surface area (Å²) in [4.78, 5) is 16.7. The van der Waals surface area contributed by atoms with E-state index >= 15 is 0 Å². The van der Waals surface area contributed by atoms with Crippen molar-refractivity contribution in [3.63, 3.8) is 0 Å². The monoisotopic (exact) mass is 325 g/mol. The van der Waals surface area contributed by atoms with Gasteiger partial charge in [-0.05, 0) is 44.0 Å². The summed E-state index contributed by atoms with van der Waals surface area (Å²) in [5.74, 6) is 0.169. The SMILES string of the molecule is CC1Cc2ccccc2N1C(=O)CN(C)CC(C)(C)CN.Cl. The molecular weight excluding hydrogens is 298 g/mol. The largest absolute Gasteiger partial charge is 0.330 e. The topological polar surface area (TPSA) is 49.6 Å². The van der Waals surface area contributed by atoms with Gasteiger partial charge in [0.05, 0.1) is 6.54 Å². The molecule has 0 aliphatic carbocycles. The van der Waals surface area contributed by atoms with E-state index in [1.165, 1.54) is 5.56 Å². The lowest BCUT2D eigenvalue weighted by Crippen LogP contribution is -2.45. The molecule has 0 bridgehead atoms. The molecule has 1 atom stereocenters. The summed E-state index contributed by atoms with van der Waals surface area (Å²) < 4.78 is 0. The Hall–Kier alpha value is -1.10. The highest BCUT2D eigenvalue weighted by Crippen LogP contribution is 2.31. The molecule has 1 aromatic rings. The van der Waals surface area contributed by atoms with Crippen LogP contribution in [0.1, 0.15) is 26.3 Å². The molecule has 1 aliphatic heterocycles. The summed E-state index contributed by atoms with van der Waals surface area (Å²) in [5.41, 5.74) is 8.14. The molecule has 22 heavy (non-hydrogen) atoms. The fraction of sp³-hybridized carbons (Fsp3) is 0.588. The zero-order chi connectivity index (χ0) is 15.6. The van der Waals surface area contributed by atoms with E-state index in [9.17, 15) is 4.79 Å². The van der Waals surface area contributed by atoms with Crippen LogP contribution >= 0.6 is 12.4 Å². The molecular formula is C17H28ClN3O. The summed E-state index contributed by atoms with van der Waals surface area (Å²) in [7, 11) is 1.99. The van der Waals surface area contributed by atoms with E-state index in [-0.39, 0.29) is 29.8 Å². The molecule has 0 saturated carbocycles. The number of nitrogens with zero attached hydrogens (tertiary/aromatic N) is 2. The zero-order valence-electron chi connectivity index (χ0n) is 14.0. The number of amides is 1. The van der Waals surface area contributed by atoms with E-state index in [0.29, 0.717) is 13.1 Å². The highest BCUT2D eigenvalue weighted by atomic mass is 35.5. The van der Waals surface area contributed by atoms with Crippen LogP contribution in [-0.2, 0) is 11.2 Å². The Balaban J connectivity index is 0.00000242. The zero-order valence-corrected chi connectivity index (χ0v) is 14.8. The van der Waals surface area contributed by atoms with E-state index in [4.69, 9.17) is 5.73 Å². The van der Waals surface area contributed by atoms with Gasteiger partial charge in [0.2, 0.25) is 5.91 Å². The van der Waals surface area contributed by atoms with Crippen LogP contribution in [0.2, 0.25) is 0 Å². The summed E-state index contributed by atoms with van der Waals surface area (Å²) in [6, 6.07) is 8.43. The first-order chi connectivity index (χ1) is 9.84. The van der Waals surface area contributed by atoms with Gasteiger partial charge < -0.3 is 10.6 Å². The molecule has 0 saturated heterocycles. The number of benzene rings is 1. The number of hydrogen-bond donors (Lipinski definition) is 1. The fourth-order valence-corrected chi connectivity index (χ4v) is 3.10. The number of anilines is 1. The molecule has 1 aliphatic rings. The summed E-state index contributed by atoms with van der Waals surface area (Å²) >= 11 is 0. The molecule has 0 aromatic heterocycles. The van der Waals surface area contributed by atoms with Crippen LogP contribution in [0.3, 0.4) is 0 Å². The highest BCUT2D eigenvalue weighted by molar-refractivity contribution is 5.97. The molecule has 4 nitrogen and oxygen atoms in total. The molecule has 1 heterocycles. The number of rotatable bonds is 5. The number of hydrogen-bond acceptors (Lipinski definition) is 3. The van der Waals surface area contributed by atoms with E-state index in [2.05, 4.69) is 31.7 Å². The van der Waals surface area contributed by atoms with Gasteiger partial charge >= 0.3 is 0 Å². The molecule has 1 unspecified atom stereocenters. The van der Waals surface area contributed by atoms with Gasteiger partial charge in [-0.2, -0.15) is 0 Å². The fourth-order valence-electron chi connectivity index (χ4n) is 3.10. The van der Waals surface area contributed by atoms with Crippen molar-refractivity contribution in [2.45, 2.75) is 33.2 Å². The maximum Gasteiger partial charge on any atom is 0.241 e. The molecule has 0 spiro atoms. The van der Waals surface area contributed by atoms with Crippen molar-refractivity contribution in [3.8, 4) is 0 Å². The lowest BCUT2D eigenvalue weighted by atomic mass is 9.93. The second-order valence-corrected chi connectivity index (χ2v) is 6.99. The minimum atomic E-state index is 0. The molecule has 5 heteroatoms. The molecule has 2 rings (SSSR count). The van der Waals surface area contributed by atoms with Gasteiger partial charge in [-0.1, -0.05) is 32.0 Å². The predicted octanol–water partition coefficient (Wildman–Crippen LogP) is 2.30. The Morgan fingerprint density at radius 1 is 1.41 bits per heavy atom. The van der Waals surface area contributed by atoms with Crippen LogP contribution in [0.25, 0.3) is 0 Å². The molecule has 1 aromatic carbocycles. The first-order valence-electron chi connectivity index (χ1n) is 7.62. The number of carbonyl (C=O) groups is 1. The lowest BCUT2D eigenvalue weighted by molar-refractivity contribution is -0.120. The van der Waals surface area contributed by atoms with E-state index in [1.54, 1.807) is 0 Å². The standard InChI is InChI=1S/C17H27N3O.ClH/c1-13-9-14-7-5-6-8-15(14)20(13)16(21)10-19(4)12-17(2,3)11-18;/h5-8,13H,9-12,18H2,1-4H3;1H. The smallest absolute Gasteiger partial charge is 0.241 e. The number of para-hydroxylation sites is 1. The van der Waals surface area contributed by atoms with Gasteiger partial charge in [-0.3, -0.25) is 9.69 Å². The Morgan fingerprint density at radius 3 is 2.68 bits per heavy atom. The average Bonchev–Trinajstić information content (AvgIpc) is 2.73. The maximum atomic E-state index is 12.7. The third kappa shape index (κ3) is 4.22. The first kappa shape index (κ1) is 18.9. The summed E-state index contributed by atoms with van der Waals surface area (Å²) in [6.45, 7) is 8.24. The van der Waals surface area contributed by atoms with Gasteiger partial charge in [0.25, 0.3) is 0 Å². The van der Waals surface area contributed by atoms with Gasteiger partial charge in [0.15, 0.2) is 0 Å². The van der Waals surface area contributed by atoms with E-state index in [0.717, 1.165) is 18.7 Å². The average molecular weight is 326 g/mol.